The smallest absolute Gasteiger partial charge is 0.184 e. The second-order valence-electron chi connectivity index (χ2n) is 6.92. The van der Waals surface area contributed by atoms with E-state index in [4.69, 9.17) is 4.43 Å². The molecule has 0 aliphatic rings. The average Bonchev–Trinajstić information content (AvgIpc) is 2.26. The summed E-state index contributed by atoms with van der Waals surface area (Å²) in [5.74, 6) is 0. The lowest BCUT2D eigenvalue weighted by Gasteiger charge is -2.39. The van der Waals surface area contributed by atoms with E-state index in [0.29, 0.717) is 6.42 Å². The molecule has 0 radical (unpaired) electrons. The van der Waals surface area contributed by atoms with Crippen LogP contribution in [0.25, 0.3) is 0 Å². The zero-order valence-corrected chi connectivity index (χ0v) is 14.1. The lowest BCUT2D eigenvalue weighted by atomic mass is 9.82. The van der Waals surface area contributed by atoms with Gasteiger partial charge in [0.05, 0.1) is 11.2 Å². The Morgan fingerprint density at radius 2 is 1.75 bits per heavy atom. The number of hydrogen-bond acceptors (Lipinski definition) is 3. The fourth-order valence-corrected chi connectivity index (χ4v) is 4.48. The quantitative estimate of drug-likeness (QED) is 0.618. The molecule has 0 saturated carbocycles. The molecule has 1 aromatic rings. The largest absolute Gasteiger partial charge is 0.413 e. The summed E-state index contributed by atoms with van der Waals surface area (Å²) in [4.78, 5) is 11.0. The van der Waals surface area contributed by atoms with E-state index in [9.17, 15) is 9.90 Å². The van der Waals surface area contributed by atoms with Crippen molar-refractivity contribution in [3.05, 3.63) is 35.9 Å². The van der Waals surface area contributed by atoms with Crippen LogP contribution in [0.15, 0.2) is 30.3 Å². The maximum absolute atomic E-state index is 11.0. The van der Waals surface area contributed by atoms with Crippen LogP contribution in [0.3, 0.4) is 0 Å². The van der Waals surface area contributed by atoms with Crippen LogP contribution in [0.1, 0.15) is 32.3 Å². The minimum absolute atomic E-state index is 0.0789. The van der Waals surface area contributed by atoms with Gasteiger partial charge in [-0.25, -0.2) is 0 Å². The van der Waals surface area contributed by atoms with Crippen molar-refractivity contribution in [2.75, 3.05) is 0 Å². The Bertz CT molecular complexity index is 437. The minimum Gasteiger partial charge on any atom is -0.413 e. The van der Waals surface area contributed by atoms with Crippen LogP contribution < -0.4 is 0 Å². The molecule has 4 heteroatoms. The predicted molar refractivity (Wildman–Crippen MR) is 84.1 cm³/mol. The molecule has 1 N–H and O–H groups in total. The number of benzene rings is 1. The van der Waals surface area contributed by atoms with E-state index in [1.807, 2.05) is 44.2 Å². The van der Waals surface area contributed by atoms with Gasteiger partial charge in [0.2, 0.25) is 0 Å². The Kier molecular flexibility index (Phi) is 5.30. The van der Waals surface area contributed by atoms with Crippen molar-refractivity contribution in [3.63, 3.8) is 0 Å². The molecule has 0 amide bonds. The molecule has 0 bridgehead atoms. The van der Waals surface area contributed by atoms with Gasteiger partial charge in [-0.2, -0.15) is 0 Å². The van der Waals surface area contributed by atoms with Gasteiger partial charge < -0.3 is 14.3 Å². The fourth-order valence-electron chi connectivity index (χ4n) is 2.75. The fraction of sp³-hybridized carbons (Fsp3) is 0.562. The molecule has 1 unspecified atom stereocenters. The highest BCUT2D eigenvalue weighted by molar-refractivity contribution is 6.69. The van der Waals surface area contributed by atoms with Gasteiger partial charge in [0.15, 0.2) is 8.32 Å². The monoisotopic (exact) mass is 294 g/mol. The van der Waals surface area contributed by atoms with Crippen LogP contribution in [0.2, 0.25) is 19.6 Å². The zero-order valence-electron chi connectivity index (χ0n) is 13.1. The van der Waals surface area contributed by atoms with Crippen molar-refractivity contribution >= 4 is 14.6 Å². The molecule has 0 heterocycles. The lowest BCUT2D eigenvalue weighted by molar-refractivity contribution is -0.115. The second-order valence-corrected chi connectivity index (χ2v) is 11.3. The Balaban J connectivity index is 3.00. The van der Waals surface area contributed by atoms with Crippen molar-refractivity contribution in [1.82, 2.24) is 0 Å². The van der Waals surface area contributed by atoms with E-state index in [0.717, 1.165) is 11.8 Å². The summed E-state index contributed by atoms with van der Waals surface area (Å²) in [5.41, 5.74) is -0.885. The molecule has 0 spiro atoms. The summed E-state index contributed by atoms with van der Waals surface area (Å²) in [6.07, 6.45) is 1.25. The first-order valence-corrected chi connectivity index (χ1v) is 10.4. The maximum Gasteiger partial charge on any atom is 0.184 e. The number of rotatable bonds is 7. The molecule has 1 atom stereocenters. The van der Waals surface area contributed by atoms with E-state index in [2.05, 4.69) is 19.6 Å². The number of aldehydes is 1. The minimum atomic E-state index is -1.72. The molecule has 0 aliphatic heterocycles. The van der Waals surface area contributed by atoms with Gasteiger partial charge in [0.25, 0.3) is 0 Å². The van der Waals surface area contributed by atoms with E-state index in [1.165, 1.54) is 0 Å². The SMILES string of the molecule is CC(C)(CC(O)(CC=O)c1ccccc1)O[Si](C)(C)C. The molecular weight excluding hydrogens is 268 g/mol. The van der Waals surface area contributed by atoms with Crippen LogP contribution >= 0.6 is 0 Å². The summed E-state index contributed by atoms with van der Waals surface area (Å²) in [7, 11) is -1.72. The molecule has 20 heavy (non-hydrogen) atoms. The summed E-state index contributed by atoms with van der Waals surface area (Å²) in [5, 5.41) is 10.9. The van der Waals surface area contributed by atoms with Gasteiger partial charge in [0, 0.05) is 12.8 Å². The van der Waals surface area contributed by atoms with Crippen LogP contribution in [-0.2, 0) is 14.8 Å². The highest BCUT2D eigenvalue weighted by Crippen LogP contribution is 2.35. The van der Waals surface area contributed by atoms with Crippen LogP contribution in [0.5, 0.6) is 0 Å². The van der Waals surface area contributed by atoms with E-state index in [-0.39, 0.29) is 6.42 Å². The van der Waals surface area contributed by atoms with Gasteiger partial charge in [-0.3, -0.25) is 0 Å². The second kappa shape index (κ2) is 6.20. The molecule has 1 aromatic carbocycles. The number of carbonyl (C=O) groups excluding carboxylic acids is 1. The van der Waals surface area contributed by atoms with Gasteiger partial charge in [0.1, 0.15) is 6.29 Å². The number of carbonyl (C=O) groups is 1. The molecule has 112 valence electrons. The average molecular weight is 294 g/mol. The Labute approximate surface area is 123 Å². The van der Waals surface area contributed by atoms with Gasteiger partial charge in [-0.05, 0) is 39.1 Å². The Hall–Kier alpha value is -0.973. The van der Waals surface area contributed by atoms with Gasteiger partial charge >= 0.3 is 0 Å². The first-order chi connectivity index (χ1) is 9.08. The Morgan fingerprint density at radius 3 is 2.20 bits per heavy atom. The third-order valence-corrected chi connectivity index (χ3v) is 4.20. The summed E-state index contributed by atoms with van der Waals surface area (Å²) in [6.45, 7) is 10.3. The molecule has 3 nitrogen and oxygen atoms in total. The van der Waals surface area contributed by atoms with Crippen LogP contribution in [0.4, 0.5) is 0 Å². The van der Waals surface area contributed by atoms with Crippen molar-refractivity contribution in [3.8, 4) is 0 Å². The molecule has 1 rings (SSSR count). The maximum atomic E-state index is 11.0. The molecule has 0 aliphatic carbocycles. The van der Waals surface area contributed by atoms with Crippen LogP contribution in [0, 0.1) is 0 Å². The summed E-state index contributed by atoms with van der Waals surface area (Å²) >= 11 is 0. The van der Waals surface area contributed by atoms with Crippen molar-refractivity contribution in [2.45, 2.75) is 57.5 Å². The molecule has 0 aromatic heterocycles. The van der Waals surface area contributed by atoms with E-state index in [1.54, 1.807) is 0 Å². The summed E-state index contributed by atoms with van der Waals surface area (Å²) < 4.78 is 6.15. The van der Waals surface area contributed by atoms with Crippen molar-refractivity contribution in [1.29, 1.82) is 0 Å². The van der Waals surface area contributed by atoms with Gasteiger partial charge in [-0.1, -0.05) is 30.3 Å². The topological polar surface area (TPSA) is 46.5 Å². The van der Waals surface area contributed by atoms with Crippen molar-refractivity contribution in [2.24, 2.45) is 0 Å². The number of hydrogen-bond donors (Lipinski definition) is 1. The standard InChI is InChI=1S/C16H26O3Si/c1-15(2,19-20(3,4)5)13-16(18,11-12-17)14-9-7-6-8-10-14/h6-10,12,18H,11,13H2,1-5H3. The molecular formula is C16H26O3Si. The molecule has 0 fully saturated rings. The number of aliphatic hydroxyl groups is 1. The van der Waals surface area contributed by atoms with Gasteiger partial charge in [-0.15, -0.1) is 0 Å². The highest BCUT2D eigenvalue weighted by atomic mass is 28.4. The first-order valence-electron chi connectivity index (χ1n) is 7.00. The normalized spacial score (nSPS) is 15.7. The third kappa shape index (κ3) is 5.19. The molecule has 0 saturated heterocycles. The van der Waals surface area contributed by atoms with Crippen molar-refractivity contribution < 1.29 is 14.3 Å². The first kappa shape index (κ1) is 17.1. The van der Waals surface area contributed by atoms with E-state index < -0.39 is 19.5 Å². The lowest BCUT2D eigenvalue weighted by Crippen LogP contribution is -2.44. The van der Waals surface area contributed by atoms with Crippen LogP contribution in [-0.4, -0.2) is 25.3 Å². The predicted octanol–water partition coefficient (Wildman–Crippen LogP) is 3.48. The Morgan fingerprint density at radius 1 is 1.20 bits per heavy atom. The van der Waals surface area contributed by atoms with E-state index >= 15 is 0 Å². The third-order valence-electron chi connectivity index (χ3n) is 3.03. The highest BCUT2D eigenvalue weighted by Gasteiger charge is 2.38. The summed E-state index contributed by atoms with van der Waals surface area (Å²) in [6, 6.07) is 9.35. The zero-order chi connectivity index (χ0) is 15.4.